The Morgan fingerprint density at radius 1 is 1.33 bits per heavy atom. The highest BCUT2D eigenvalue weighted by molar-refractivity contribution is 9.10. The molecule has 0 aliphatic rings. The third-order valence-corrected chi connectivity index (χ3v) is 3.13. The van der Waals surface area contributed by atoms with E-state index in [-0.39, 0.29) is 5.92 Å². The Labute approximate surface area is 98.7 Å². The van der Waals surface area contributed by atoms with Gasteiger partial charge >= 0.3 is 0 Å². The number of aliphatic hydroxyl groups excluding tert-OH is 1. The number of aliphatic hydroxyl groups is 1. The van der Waals surface area contributed by atoms with Gasteiger partial charge in [-0.3, -0.25) is 0 Å². The monoisotopic (exact) mass is 267 g/mol. The van der Waals surface area contributed by atoms with Gasteiger partial charge in [0.15, 0.2) is 0 Å². The minimum absolute atomic E-state index is 0.0711. The summed E-state index contributed by atoms with van der Waals surface area (Å²) in [6.45, 7) is 3.82. The molecular weight excluding hydrogens is 254 g/mol. The highest BCUT2D eigenvalue weighted by atomic mass is 79.9. The first-order valence-corrected chi connectivity index (χ1v) is 5.69. The van der Waals surface area contributed by atoms with E-state index in [4.69, 9.17) is 5.26 Å². The SMILES string of the molecule is CC(C)C(O)C(C#N)c1ccccc1Br. The van der Waals surface area contributed by atoms with Gasteiger partial charge in [0.25, 0.3) is 0 Å². The van der Waals surface area contributed by atoms with Gasteiger partial charge in [-0.1, -0.05) is 48.0 Å². The van der Waals surface area contributed by atoms with Crippen molar-refractivity contribution in [3.63, 3.8) is 0 Å². The molecule has 0 aliphatic heterocycles. The molecule has 0 fully saturated rings. The maximum atomic E-state index is 9.92. The van der Waals surface area contributed by atoms with E-state index in [0.717, 1.165) is 10.0 Å². The number of rotatable bonds is 3. The van der Waals surface area contributed by atoms with Crippen LogP contribution in [0, 0.1) is 17.2 Å². The maximum Gasteiger partial charge on any atom is 0.0985 e. The van der Waals surface area contributed by atoms with E-state index < -0.39 is 12.0 Å². The minimum Gasteiger partial charge on any atom is -0.391 e. The first-order valence-electron chi connectivity index (χ1n) is 4.90. The molecule has 1 rings (SSSR count). The molecule has 3 heteroatoms. The molecule has 0 saturated heterocycles. The van der Waals surface area contributed by atoms with Gasteiger partial charge in [0, 0.05) is 4.47 Å². The van der Waals surface area contributed by atoms with E-state index >= 15 is 0 Å². The van der Waals surface area contributed by atoms with Gasteiger partial charge < -0.3 is 5.11 Å². The maximum absolute atomic E-state index is 9.92. The number of halogens is 1. The fraction of sp³-hybridized carbons (Fsp3) is 0.417. The molecule has 0 bridgehead atoms. The molecule has 0 aliphatic carbocycles. The molecule has 15 heavy (non-hydrogen) atoms. The molecule has 2 nitrogen and oxygen atoms in total. The van der Waals surface area contributed by atoms with Crippen molar-refractivity contribution in [1.82, 2.24) is 0 Å². The van der Waals surface area contributed by atoms with E-state index in [9.17, 15) is 5.11 Å². The first kappa shape index (κ1) is 12.2. The summed E-state index contributed by atoms with van der Waals surface area (Å²) in [6, 6.07) is 9.67. The lowest BCUT2D eigenvalue weighted by Gasteiger charge is -2.21. The predicted molar refractivity (Wildman–Crippen MR) is 63.3 cm³/mol. The molecule has 1 aromatic carbocycles. The van der Waals surface area contributed by atoms with Crippen LogP contribution in [-0.2, 0) is 0 Å². The van der Waals surface area contributed by atoms with Gasteiger partial charge in [-0.05, 0) is 17.5 Å². The van der Waals surface area contributed by atoms with Crippen molar-refractivity contribution >= 4 is 15.9 Å². The van der Waals surface area contributed by atoms with Crippen LogP contribution in [0.1, 0.15) is 25.3 Å². The molecule has 0 heterocycles. The Kier molecular flexibility index (Phi) is 4.31. The Bertz CT molecular complexity index is 370. The fourth-order valence-corrected chi connectivity index (χ4v) is 1.97. The molecule has 0 saturated carbocycles. The predicted octanol–water partition coefficient (Wildman–Crippen LogP) is 3.07. The topological polar surface area (TPSA) is 44.0 Å². The van der Waals surface area contributed by atoms with Crippen LogP contribution in [0.25, 0.3) is 0 Å². The summed E-state index contributed by atoms with van der Waals surface area (Å²) in [7, 11) is 0. The third kappa shape index (κ3) is 2.80. The first-order chi connectivity index (χ1) is 7.07. The van der Waals surface area contributed by atoms with E-state index in [2.05, 4.69) is 22.0 Å². The van der Waals surface area contributed by atoms with Crippen molar-refractivity contribution in [1.29, 1.82) is 5.26 Å². The molecule has 1 aromatic rings. The highest BCUT2D eigenvalue weighted by Gasteiger charge is 2.24. The van der Waals surface area contributed by atoms with Crippen molar-refractivity contribution in [3.8, 4) is 6.07 Å². The molecule has 0 spiro atoms. The summed E-state index contributed by atoms with van der Waals surface area (Å²) >= 11 is 3.39. The largest absolute Gasteiger partial charge is 0.391 e. The van der Waals surface area contributed by atoms with Crippen molar-refractivity contribution in [2.75, 3.05) is 0 Å². The summed E-state index contributed by atoms with van der Waals surface area (Å²) in [6.07, 6.45) is -0.631. The van der Waals surface area contributed by atoms with Crippen LogP contribution in [0.2, 0.25) is 0 Å². The van der Waals surface area contributed by atoms with E-state index in [1.807, 2.05) is 38.1 Å². The number of hydrogen-bond acceptors (Lipinski definition) is 2. The van der Waals surface area contributed by atoms with Crippen LogP contribution in [0.4, 0.5) is 0 Å². The molecule has 2 atom stereocenters. The summed E-state index contributed by atoms with van der Waals surface area (Å²) in [5.41, 5.74) is 0.848. The normalized spacial score (nSPS) is 14.7. The Morgan fingerprint density at radius 3 is 2.40 bits per heavy atom. The number of benzene rings is 1. The van der Waals surface area contributed by atoms with Crippen molar-refractivity contribution in [2.45, 2.75) is 25.9 Å². The van der Waals surface area contributed by atoms with Crippen LogP contribution in [0.3, 0.4) is 0 Å². The van der Waals surface area contributed by atoms with Crippen LogP contribution in [0.5, 0.6) is 0 Å². The summed E-state index contributed by atoms with van der Waals surface area (Å²) in [5.74, 6) is -0.401. The molecule has 80 valence electrons. The Morgan fingerprint density at radius 2 is 1.93 bits per heavy atom. The Hall–Kier alpha value is -0.850. The van der Waals surface area contributed by atoms with Crippen LogP contribution >= 0.6 is 15.9 Å². The zero-order valence-corrected chi connectivity index (χ0v) is 10.4. The number of nitriles is 1. The zero-order chi connectivity index (χ0) is 11.4. The molecule has 1 N–H and O–H groups in total. The second kappa shape index (κ2) is 5.29. The smallest absolute Gasteiger partial charge is 0.0985 e. The summed E-state index contributed by atoms with van der Waals surface area (Å²) < 4.78 is 0.872. The second-order valence-corrected chi connectivity index (χ2v) is 4.72. The molecule has 0 amide bonds. The highest BCUT2D eigenvalue weighted by Crippen LogP contribution is 2.29. The van der Waals surface area contributed by atoms with Crippen LogP contribution in [-0.4, -0.2) is 11.2 Å². The van der Waals surface area contributed by atoms with Crippen molar-refractivity contribution in [3.05, 3.63) is 34.3 Å². The quantitative estimate of drug-likeness (QED) is 0.915. The fourth-order valence-electron chi connectivity index (χ4n) is 1.44. The van der Waals surface area contributed by atoms with Gasteiger partial charge in [-0.25, -0.2) is 0 Å². The van der Waals surface area contributed by atoms with E-state index in [1.54, 1.807) is 0 Å². The van der Waals surface area contributed by atoms with Gasteiger partial charge in [-0.2, -0.15) is 5.26 Å². The standard InChI is InChI=1S/C12H14BrNO/c1-8(2)12(15)10(7-14)9-5-3-4-6-11(9)13/h3-6,8,10,12,15H,1-2H3. The Balaban J connectivity index is 3.04. The van der Waals surface area contributed by atoms with Gasteiger partial charge in [0.1, 0.15) is 0 Å². The molecule has 0 radical (unpaired) electrons. The lowest BCUT2D eigenvalue weighted by Crippen LogP contribution is -2.23. The lowest BCUT2D eigenvalue weighted by atomic mass is 9.88. The van der Waals surface area contributed by atoms with Crippen LogP contribution in [0.15, 0.2) is 28.7 Å². The zero-order valence-electron chi connectivity index (χ0n) is 8.81. The minimum atomic E-state index is -0.631. The van der Waals surface area contributed by atoms with Crippen LogP contribution < -0.4 is 0 Å². The third-order valence-electron chi connectivity index (χ3n) is 2.40. The summed E-state index contributed by atoms with van der Waals surface area (Å²) in [4.78, 5) is 0. The second-order valence-electron chi connectivity index (χ2n) is 3.86. The molecular formula is C12H14BrNO. The average Bonchev–Trinajstić information content (AvgIpc) is 2.21. The average molecular weight is 268 g/mol. The van der Waals surface area contributed by atoms with Gasteiger partial charge in [0.2, 0.25) is 0 Å². The molecule has 0 aromatic heterocycles. The number of nitrogens with zero attached hydrogens (tertiary/aromatic N) is 1. The lowest BCUT2D eigenvalue weighted by molar-refractivity contribution is 0.113. The number of hydrogen-bond donors (Lipinski definition) is 1. The van der Waals surface area contributed by atoms with Gasteiger partial charge in [0.05, 0.1) is 18.1 Å². The molecule has 2 unspecified atom stereocenters. The van der Waals surface area contributed by atoms with E-state index in [0.29, 0.717) is 0 Å². The van der Waals surface area contributed by atoms with Gasteiger partial charge in [-0.15, -0.1) is 0 Å². The van der Waals surface area contributed by atoms with Crippen molar-refractivity contribution < 1.29 is 5.11 Å². The summed E-state index contributed by atoms with van der Waals surface area (Å²) in [5, 5.41) is 19.0. The van der Waals surface area contributed by atoms with E-state index in [1.165, 1.54) is 0 Å². The van der Waals surface area contributed by atoms with Crippen molar-refractivity contribution in [2.24, 2.45) is 5.92 Å².